The molecule has 0 bridgehead atoms. The van der Waals surface area contributed by atoms with Crippen LogP contribution in [0.25, 0.3) is 11.3 Å². The van der Waals surface area contributed by atoms with Crippen molar-refractivity contribution in [1.82, 2.24) is 9.97 Å². The summed E-state index contributed by atoms with van der Waals surface area (Å²) < 4.78 is 5.10. The van der Waals surface area contributed by atoms with Gasteiger partial charge in [-0.25, -0.2) is 9.97 Å². The highest BCUT2D eigenvalue weighted by Gasteiger charge is 2.15. The van der Waals surface area contributed by atoms with E-state index in [-0.39, 0.29) is 5.91 Å². The van der Waals surface area contributed by atoms with Crippen LogP contribution in [0.5, 0.6) is 5.75 Å². The molecule has 0 unspecified atom stereocenters. The minimum atomic E-state index is -0.310. The fourth-order valence-corrected chi connectivity index (χ4v) is 2.52. The lowest BCUT2D eigenvalue weighted by Gasteiger charge is -2.10. The van der Waals surface area contributed by atoms with E-state index in [2.05, 4.69) is 15.3 Å². The number of nitrogens with one attached hydrogen (secondary N) is 1. The zero-order chi connectivity index (χ0) is 16.9. The van der Waals surface area contributed by atoms with Crippen LogP contribution in [0.4, 0.5) is 5.69 Å². The molecule has 3 aromatic rings. The van der Waals surface area contributed by atoms with Crippen molar-refractivity contribution >= 4 is 23.2 Å². The average molecular weight is 340 g/mol. The van der Waals surface area contributed by atoms with E-state index in [1.807, 2.05) is 30.3 Å². The first-order valence-electron chi connectivity index (χ1n) is 7.19. The summed E-state index contributed by atoms with van der Waals surface area (Å²) in [5, 5.41) is 3.22. The maximum atomic E-state index is 12.6. The molecule has 0 spiro atoms. The topological polar surface area (TPSA) is 64.1 Å². The third kappa shape index (κ3) is 3.36. The lowest BCUT2D eigenvalue weighted by atomic mass is 10.1. The van der Waals surface area contributed by atoms with Crippen LogP contribution in [-0.4, -0.2) is 23.0 Å². The standard InChI is InChI=1S/C18H14ClN3O2/c1-24-16-8-7-13(9-15(16)19)22-18(23)14-10-20-11-21-17(14)12-5-3-2-4-6-12/h2-11H,1H3,(H,22,23). The van der Waals surface area contributed by atoms with Gasteiger partial charge in [0.25, 0.3) is 5.91 Å². The molecule has 0 saturated carbocycles. The highest BCUT2D eigenvalue weighted by Crippen LogP contribution is 2.28. The van der Waals surface area contributed by atoms with Gasteiger partial charge in [0.1, 0.15) is 12.1 Å². The second kappa shape index (κ2) is 7.10. The van der Waals surface area contributed by atoms with Gasteiger partial charge in [-0.1, -0.05) is 41.9 Å². The van der Waals surface area contributed by atoms with Crippen LogP contribution < -0.4 is 10.1 Å². The summed E-state index contributed by atoms with van der Waals surface area (Å²) in [7, 11) is 1.53. The molecule has 3 rings (SSSR count). The Labute approximate surface area is 144 Å². The molecule has 0 atom stereocenters. The maximum Gasteiger partial charge on any atom is 0.259 e. The molecule has 1 aromatic heterocycles. The lowest BCUT2D eigenvalue weighted by molar-refractivity contribution is 0.102. The first-order chi connectivity index (χ1) is 11.7. The SMILES string of the molecule is COc1ccc(NC(=O)c2cncnc2-c2ccccc2)cc1Cl. The first-order valence-corrected chi connectivity index (χ1v) is 7.57. The molecule has 0 fully saturated rings. The number of anilines is 1. The summed E-state index contributed by atoms with van der Waals surface area (Å²) in [6, 6.07) is 14.5. The molecule has 1 amide bonds. The molecule has 0 aliphatic rings. The molecule has 120 valence electrons. The van der Waals surface area contributed by atoms with Gasteiger partial charge in [-0.3, -0.25) is 4.79 Å². The second-order valence-electron chi connectivity index (χ2n) is 4.95. The Morgan fingerprint density at radius 3 is 2.67 bits per heavy atom. The number of nitrogens with zero attached hydrogens (tertiary/aromatic N) is 2. The Kier molecular flexibility index (Phi) is 4.72. The molecule has 2 aromatic carbocycles. The lowest BCUT2D eigenvalue weighted by Crippen LogP contribution is -2.14. The number of amides is 1. The van der Waals surface area contributed by atoms with Crippen LogP contribution in [0.2, 0.25) is 5.02 Å². The van der Waals surface area contributed by atoms with Gasteiger partial charge in [-0.05, 0) is 18.2 Å². The molecule has 6 heteroatoms. The van der Waals surface area contributed by atoms with Crippen LogP contribution in [0.3, 0.4) is 0 Å². The van der Waals surface area contributed by atoms with E-state index in [4.69, 9.17) is 16.3 Å². The van der Waals surface area contributed by atoms with Gasteiger partial charge in [0.05, 0.1) is 23.4 Å². The van der Waals surface area contributed by atoms with Gasteiger partial charge in [0.2, 0.25) is 0 Å². The van der Waals surface area contributed by atoms with Crippen molar-refractivity contribution in [2.24, 2.45) is 0 Å². The van der Waals surface area contributed by atoms with Crippen LogP contribution in [0, 0.1) is 0 Å². The average Bonchev–Trinajstić information content (AvgIpc) is 2.62. The fraction of sp³-hybridized carbons (Fsp3) is 0.0556. The first kappa shape index (κ1) is 16.0. The number of methoxy groups -OCH3 is 1. The number of hydrogen-bond acceptors (Lipinski definition) is 4. The van der Waals surface area contributed by atoms with Crippen molar-refractivity contribution in [3.05, 3.63) is 71.6 Å². The molecule has 0 saturated heterocycles. The number of rotatable bonds is 4. The van der Waals surface area contributed by atoms with Crippen molar-refractivity contribution in [3.8, 4) is 17.0 Å². The van der Waals surface area contributed by atoms with Gasteiger partial charge >= 0.3 is 0 Å². The molecular formula is C18H14ClN3O2. The van der Waals surface area contributed by atoms with Gasteiger partial charge in [-0.2, -0.15) is 0 Å². The minimum absolute atomic E-state index is 0.310. The maximum absolute atomic E-state index is 12.6. The van der Waals surface area contributed by atoms with Crippen molar-refractivity contribution in [2.45, 2.75) is 0 Å². The van der Waals surface area contributed by atoms with Gasteiger partial charge < -0.3 is 10.1 Å². The Balaban J connectivity index is 1.90. The number of benzene rings is 2. The van der Waals surface area contributed by atoms with E-state index >= 15 is 0 Å². The number of hydrogen-bond donors (Lipinski definition) is 1. The molecule has 0 aliphatic heterocycles. The third-order valence-corrected chi connectivity index (χ3v) is 3.71. The largest absolute Gasteiger partial charge is 0.495 e. The predicted molar refractivity (Wildman–Crippen MR) is 93.4 cm³/mol. The van der Waals surface area contributed by atoms with E-state index in [9.17, 15) is 4.79 Å². The van der Waals surface area contributed by atoms with E-state index < -0.39 is 0 Å². The van der Waals surface area contributed by atoms with Crippen molar-refractivity contribution in [2.75, 3.05) is 12.4 Å². The summed E-state index contributed by atoms with van der Waals surface area (Å²) in [6.07, 6.45) is 2.92. The van der Waals surface area contributed by atoms with Crippen LogP contribution in [-0.2, 0) is 0 Å². The Morgan fingerprint density at radius 2 is 1.96 bits per heavy atom. The molecule has 1 N–H and O–H groups in total. The highest BCUT2D eigenvalue weighted by atomic mass is 35.5. The van der Waals surface area contributed by atoms with Gasteiger partial charge in [0.15, 0.2) is 0 Å². The molecule has 1 heterocycles. The van der Waals surface area contributed by atoms with E-state index in [0.29, 0.717) is 27.7 Å². The fourth-order valence-electron chi connectivity index (χ4n) is 2.26. The van der Waals surface area contributed by atoms with E-state index in [1.54, 1.807) is 18.2 Å². The molecular weight excluding hydrogens is 326 g/mol. The van der Waals surface area contributed by atoms with Crippen LogP contribution in [0.15, 0.2) is 61.1 Å². The zero-order valence-corrected chi connectivity index (χ0v) is 13.6. The number of carbonyl (C=O) groups excluding carboxylic acids is 1. The molecule has 0 radical (unpaired) electrons. The van der Waals surface area contributed by atoms with Crippen molar-refractivity contribution < 1.29 is 9.53 Å². The number of carbonyl (C=O) groups is 1. The quantitative estimate of drug-likeness (QED) is 0.778. The van der Waals surface area contributed by atoms with Crippen LogP contribution >= 0.6 is 11.6 Å². The zero-order valence-electron chi connectivity index (χ0n) is 12.9. The molecule has 5 nitrogen and oxygen atoms in total. The summed E-state index contributed by atoms with van der Waals surface area (Å²) in [5.41, 5.74) is 2.37. The predicted octanol–water partition coefficient (Wildman–Crippen LogP) is 4.06. The summed E-state index contributed by atoms with van der Waals surface area (Å²) >= 11 is 6.09. The van der Waals surface area contributed by atoms with Crippen molar-refractivity contribution in [3.63, 3.8) is 0 Å². The highest BCUT2D eigenvalue weighted by molar-refractivity contribution is 6.32. The van der Waals surface area contributed by atoms with Crippen molar-refractivity contribution in [1.29, 1.82) is 0 Å². The summed E-state index contributed by atoms with van der Waals surface area (Å²) in [5.74, 6) is 0.235. The molecule has 0 aliphatic carbocycles. The smallest absolute Gasteiger partial charge is 0.259 e. The number of ether oxygens (including phenoxy) is 1. The Hall–Kier alpha value is -2.92. The number of halogens is 1. The molecule has 24 heavy (non-hydrogen) atoms. The van der Waals surface area contributed by atoms with E-state index in [0.717, 1.165) is 5.56 Å². The van der Waals surface area contributed by atoms with Gasteiger partial charge in [0, 0.05) is 17.4 Å². The number of aromatic nitrogens is 2. The Morgan fingerprint density at radius 1 is 1.17 bits per heavy atom. The van der Waals surface area contributed by atoms with Gasteiger partial charge in [-0.15, -0.1) is 0 Å². The monoisotopic (exact) mass is 339 g/mol. The second-order valence-corrected chi connectivity index (χ2v) is 5.36. The third-order valence-electron chi connectivity index (χ3n) is 3.41. The Bertz CT molecular complexity index is 869. The minimum Gasteiger partial charge on any atom is -0.495 e. The summed E-state index contributed by atoms with van der Waals surface area (Å²) in [4.78, 5) is 20.8. The summed E-state index contributed by atoms with van der Waals surface area (Å²) in [6.45, 7) is 0. The van der Waals surface area contributed by atoms with E-state index in [1.165, 1.54) is 19.6 Å². The van der Waals surface area contributed by atoms with Crippen LogP contribution in [0.1, 0.15) is 10.4 Å². The normalized spacial score (nSPS) is 10.2.